The second-order valence-electron chi connectivity index (χ2n) is 2.08. The number of carboxylic acid groups (broad SMARTS) is 4. The molecule has 0 radical (unpaired) electrons. The molecule has 0 aromatic heterocycles. The van der Waals surface area contributed by atoms with Crippen LogP contribution in [-0.2, 0) is 19.2 Å². The Morgan fingerprint density at radius 1 is 0.529 bits per heavy atom. The average Bonchev–Trinajstić information content (AvgIpc) is 1.76. The molecule has 0 aromatic rings. The zero-order valence-corrected chi connectivity index (χ0v) is 9.42. The zero-order chi connectivity index (χ0) is 14.3. The van der Waals surface area contributed by atoms with Gasteiger partial charge in [0.1, 0.15) is 0 Å². The van der Waals surface area contributed by atoms with Gasteiger partial charge < -0.3 is 20.4 Å². The van der Waals surface area contributed by atoms with Crippen LogP contribution in [0.4, 0.5) is 0 Å². The monoisotopic (exact) mass is 256 g/mol. The van der Waals surface area contributed by atoms with Gasteiger partial charge in [0.15, 0.2) is 0 Å². The summed E-state index contributed by atoms with van der Waals surface area (Å²) in [5.41, 5.74) is 0. The van der Waals surface area contributed by atoms with Crippen LogP contribution in [0.15, 0.2) is 0 Å². The molecule has 0 unspecified atom stereocenters. The lowest BCUT2D eigenvalue weighted by atomic mass is 10.9. The first-order valence-electron chi connectivity index (χ1n) is 3.71. The third-order valence-electron chi connectivity index (χ3n) is 0. The normalized spacial score (nSPS) is 5.88. The van der Waals surface area contributed by atoms with Crippen molar-refractivity contribution >= 4 is 23.9 Å². The maximum atomic E-state index is 9.00. The molecule has 0 aliphatic heterocycles. The van der Waals surface area contributed by atoms with Crippen LogP contribution in [0.5, 0.6) is 0 Å². The van der Waals surface area contributed by atoms with Crippen LogP contribution in [0.2, 0.25) is 0 Å². The molecule has 0 atom stereocenters. The van der Waals surface area contributed by atoms with E-state index >= 15 is 0 Å². The Balaban J connectivity index is -0.0000000369. The molecule has 0 saturated heterocycles. The second-order valence-corrected chi connectivity index (χ2v) is 2.08. The molecule has 8 nitrogen and oxygen atoms in total. The molecule has 0 saturated carbocycles. The van der Waals surface area contributed by atoms with E-state index in [-0.39, 0.29) is 7.43 Å². The molecule has 4 N–H and O–H groups in total. The summed E-state index contributed by atoms with van der Waals surface area (Å²) in [4.78, 5) is 36.0. The number of carbonyl (C=O) groups is 4. The molecule has 8 heteroatoms. The van der Waals surface area contributed by atoms with Crippen molar-refractivity contribution in [3.05, 3.63) is 0 Å². The van der Waals surface area contributed by atoms with Crippen LogP contribution in [0.1, 0.15) is 35.1 Å². The third-order valence-corrected chi connectivity index (χ3v) is 0. The maximum absolute atomic E-state index is 9.00. The van der Waals surface area contributed by atoms with E-state index in [0.717, 1.165) is 27.7 Å². The molecule has 17 heavy (non-hydrogen) atoms. The first kappa shape index (κ1) is 29.4. The van der Waals surface area contributed by atoms with E-state index in [1.807, 2.05) is 0 Å². The summed E-state index contributed by atoms with van der Waals surface area (Å²) in [6, 6.07) is 0. The van der Waals surface area contributed by atoms with Gasteiger partial charge in [0.2, 0.25) is 0 Å². The predicted molar refractivity (Wildman–Crippen MR) is 60.0 cm³/mol. The fourth-order valence-corrected chi connectivity index (χ4v) is 0. The SMILES string of the molecule is C.CC(=O)O.CC(=O)O.CC(=O)O.CC(=O)O. The molecule has 104 valence electrons. The summed E-state index contributed by atoms with van der Waals surface area (Å²) in [7, 11) is 0. The van der Waals surface area contributed by atoms with E-state index in [9.17, 15) is 0 Å². The lowest BCUT2D eigenvalue weighted by molar-refractivity contribution is -0.135. The first-order valence-corrected chi connectivity index (χ1v) is 3.71. The molecule has 0 amide bonds. The van der Waals surface area contributed by atoms with Crippen LogP contribution in [0.25, 0.3) is 0 Å². The molecule has 0 aliphatic rings. The van der Waals surface area contributed by atoms with Crippen LogP contribution in [0, 0.1) is 0 Å². The van der Waals surface area contributed by atoms with Gasteiger partial charge in [-0.1, -0.05) is 7.43 Å². The predicted octanol–water partition coefficient (Wildman–Crippen LogP) is 1.000. The largest absolute Gasteiger partial charge is 0.481 e. The minimum absolute atomic E-state index is 0. The van der Waals surface area contributed by atoms with Gasteiger partial charge in [-0.3, -0.25) is 19.2 Å². The van der Waals surface area contributed by atoms with Gasteiger partial charge in [0.05, 0.1) is 0 Å². The van der Waals surface area contributed by atoms with Gasteiger partial charge in [-0.25, -0.2) is 0 Å². The number of aliphatic carboxylic acids is 4. The van der Waals surface area contributed by atoms with E-state index in [0.29, 0.717) is 0 Å². The van der Waals surface area contributed by atoms with Crippen molar-refractivity contribution in [1.82, 2.24) is 0 Å². The maximum Gasteiger partial charge on any atom is 0.300 e. The van der Waals surface area contributed by atoms with Crippen LogP contribution in [-0.4, -0.2) is 44.3 Å². The van der Waals surface area contributed by atoms with Crippen molar-refractivity contribution in [2.24, 2.45) is 0 Å². The van der Waals surface area contributed by atoms with E-state index in [2.05, 4.69) is 0 Å². The summed E-state index contributed by atoms with van der Waals surface area (Å²) in [5, 5.41) is 29.7. The van der Waals surface area contributed by atoms with E-state index in [1.54, 1.807) is 0 Å². The standard InChI is InChI=1S/4C2H4O2.CH4/c4*1-2(3)4;/h4*1H3,(H,3,4);1H4. The molecule has 0 heterocycles. The summed E-state index contributed by atoms with van der Waals surface area (Å²) in [5.74, 6) is -3.33. The highest BCUT2D eigenvalue weighted by Gasteiger charge is 1.66. The Labute approximate surface area is 99.5 Å². The number of hydrogen-bond acceptors (Lipinski definition) is 4. The first-order chi connectivity index (χ1) is 6.93. The Bertz CT molecular complexity index is 157. The smallest absolute Gasteiger partial charge is 0.300 e. The zero-order valence-electron chi connectivity index (χ0n) is 9.42. The molecule has 0 aliphatic carbocycles. The number of rotatable bonds is 0. The highest BCUT2D eigenvalue weighted by atomic mass is 16.4. The van der Waals surface area contributed by atoms with Crippen molar-refractivity contribution in [2.75, 3.05) is 0 Å². The molecular formula is C9H20O8. The fraction of sp³-hybridized carbons (Fsp3) is 0.556. The quantitative estimate of drug-likeness (QED) is 0.501. The molecule has 0 rings (SSSR count). The topological polar surface area (TPSA) is 149 Å². The molecule has 0 bridgehead atoms. The Kier molecular flexibility index (Phi) is 40.7. The van der Waals surface area contributed by atoms with Gasteiger partial charge >= 0.3 is 0 Å². The lowest BCUT2D eigenvalue weighted by Gasteiger charge is -1.59. The van der Waals surface area contributed by atoms with Gasteiger partial charge in [-0.2, -0.15) is 0 Å². The molecule has 0 fully saturated rings. The van der Waals surface area contributed by atoms with Crippen molar-refractivity contribution < 1.29 is 39.6 Å². The van der Waals surface area contributed by atoms with Crippen molar-refractivity contribution in [3.63, 3.8) is 0 Å². The number of hydrogen-bond donors (Lipinski definition) is 4. The van der Waals surface area contributed by atoms with Gasteiger partial charge in [-0.05, 0) is 0 Å². The van der Waals surface area contributed by atoms with Crippen LogP contribution < -0.4 is 0 Å². The minimum atomic E-state index is -0.833. The lowest BCUT2D eigenvalue weighted by Crippen LogP contribution is -1.78. The van der Waals surface area contributed by atoms with Gasteiger partial charge in [-0.15, -0.1) is 0 Å². The second kappa shape index (κ2) is 23.6. The fourth-order valence-electron chi connectivity index (χ4n) is 0. The average molecular weight is 256 g/mol. The number of carboxylic acids is 4. The van der Waals surface area contributed by atoms with Gasteiger partial charge in [0.25, 0.3) is 23.9 Å². The van der Waals surface area contributed by atoms with E-state index in [4.69, 9.17) is 39.6 Å². The van der Waals surface area contributed by atoms with E-state index < -0.39 is 23.9 Å². The minimum Gasteiger partial charge on any atom is -0.481 e. The van der Waals surface area contributed by atoms with Gasteiger partial charge in [0, 0.05) is 27.7 Å². The molecule has 0 spiro atoms. The van der Waals surface area contributed by atoms with Crippen LogP contribution in [0.3, 0.4) is 0 Å². The van der Waals surface area contributed by atoms with Crippen molar-refractivity contribution in [1.29, 1.82) is 0 Å². The summed E-state index contributed by atoms with van der Waals surface area (Å²) < 4.78 is 0. The summed E-state index contributed by atoms with van der Waals surface area (Å²) in [6.45, 7) is 4.33. The molecular weight excluding hydrogens is 236 g/mol. The Morgan fingerprint density at radius 2 is 0.529 bits per heavy atom. The summed E-state index contributed by atoms with van der Waals surface area (Å²) in [6.07, 6.45) is 0. The van der Waals surface area contributed by atoms with Crippen molar-refractivity contribution in [2.45, 2.75) is 35.1 Å². The highest BCUT2D eigenvalue weighted by molar-refractivity contribution is 5.63. The van der Waals surface area contributed by atoms with E-state index in [1.165, 1.54) is 0 Å². The van der Waals surface area contributed by atoms with Crippen LogP contribution >= 0.6 is 0 Å². The highest BCUT2D eigenvalue weighted by Crippen LogP contribution is 1.43. The Morgan fingerprint density at radius 3 is 0.529 bits per heavy atom. The van der Waals surface area contributed by atoms with Crippen molar-refractivity contribution in [3.8, 4) is 0 Å². The Hall–Kier alpha value is -2.12. The third kappa shape index (κ3) is 436. The molecule has 0 aromatic carbocycles. The summed E-state index contributed by atoms with van der Waals surface area (Å²) >= 11 is 0.